The molecule has 0 heterocycles. The maximum absolute atomic E-state index is 12.0. The van der Waals surface area contributed by atoms with Gasteiger partial charge in [-0.25, -0.2) is 0 Å². The molecule has 22 heavy (non-hydrogen) atoms. The van der Waals surface area contributed by atoms with E-state index in [2.05, 4.69) is 5.32 Å². The normalized spacial score (nSPS) is 12.8. The van der Waals surface area contributed by atoms with E-state index in [-0.39, 0.29) is 22.6 Å². The van der Waals surface area contributed by atoms with Gasteiger partial charge in [0.15, 0.2) is 0 Å². The largest absolute Gasteiger partial charge is 0.393 e. The summed E-state index contributed by atoms with van der Waals surface area (Å²) in [6.07, 6.45) is 0.643. The minimum Gasteiger partial charge on any atom is -0.393 e. The lowest BCUT2D eigenvalue weighted by Gasteiger charge is -2.19. The molecule has 0 spiro atoms. The SMILES string of the molecule is CCC(O)CCNC(=O)c1ccc(C(C)(C)C)c([N+](=O)[O-])c1. The lowest BCUT2D eigenvalue weighted by atomic mass is 9.85. The predicted octanol–water partition coefficient (Wildman–Crippen LogP) is 2.78. The Hall–Kier alpha value is -1.95. The Bertz CT molecular complexity index is 550. The van der Waals surface area contributed by atoms with Crippen LogP contribution in [0.2, 0.25) is 0 Å². The van der Waals surface area contributed by atoms with Gasteiger partial charge in [0.1, 0.15) is 0 Å². The molecule has 0 aliphatic carbocycles. The molecule has 0 bridgehead atoms. The lowest BCUT2D eigenvalue weighted by Crippen LogP contribution is -2.27. The third-order valence-electron chi connectivity index (χ3n) is 3.50. The molecule has 1 aromatic rings. The smallest absolute Gasteiger partial charge is 0.273 e. The fourth-order valence-corrected chi connectivity index (χ4v) is 2.12. The van der Waals surface area contributed by atoms with Gasteiger partial charge in [0.2, 0.25) is 0 Å². The van der Waals surface area contributed by atoms with Crippen molar-refractivity contribution in [2.75, 3.05) is 6.54 Å². The molecule has 0 radical (unpaired) electrons. The van der Waals surface area contributed by atoms with Crippen molar-refractivity contribution in [3.63, 3.8) is 0 Å². The Morgan fingerprint density at radius 1 is 1.41 bits per heavy atom. The summed E-state index contributed by atoms with van der Waals surface area (Å²) in [6.45, 7) is 7.87. The van der Waals surface area contributed by atoms with Crippen molar-refractivity contribution in [3.05, 3.63) is 39.4 Å². The molecule has 0 aliphatic heterocycles. The summed E-state index contributed by atoms with van der Waals surface area (Å²) in [7, 11) is 0. The van der Waals surface area contributed by atoms with Crippen molar-refractivity contribution in [3.8, 4) is 0 Å². The fourth-order valence-electron chi connectivity index (χ4n) is 2.12. The highest BCUT2D eigenvalue weighted by atomic mass is 16.6. The molecule has 6 nitrogen and oxygen atoms in total. The third-order valence-corrected chi connectivity index (χ3v) is 3.50. The summed E-state index contributed by atoms with van der Waals surface area (Å²) >= 11 is 0. The molecule has 0 fully saturated rings. The van der Waals surface area contributed by atoms with Gasteiger partial charge in [-0.1, -0.05) is 33.8 Å². The summed E-state index contributed by atoms with van der Waals surface area (Å²) in [5.41, 5.74) is 0.428. The maximum atomic E-state index is 12.0. The van der Waals surface area contributed by atoms with Crippen molar-refractivity contribution in [2.45, 2.75) is 52.1 Å². The second-order valence-electron chi connectivity index (χ2n) is 6.35. The van der Waals surface area contributed by atoms with Crippen molar-refractivity contribution in [1.29, 1.82) is 0 Å². The molecule has 0 saturated heterocycles. The zero-order valence-electron chi connectivity index (χ0n) is 13.5. The molecule has 0 aliphatic rings. The molecule has 122 valence electrons. The van der Waals surface area contributed by atoms with Gasteiger partial charge in [-0.15, -0.1) is 0 Å². The summed E-state index contributed by atoms with van der Waals surface area (Å²) in [6, 6.07) is 4.54. The average Bonchev–Trinajstić information content (AvgIpc) is 2.45. The van der Waals surface area contributed by atoms with Crippen molar-refractivity contribution < 1.29 is 14.8 Å². The van der Waals surface area contributed by atoms with Crippen LogP contribution in [0.4, 0.5) is 5.69 Å². The zero-order chi connectivity index (χ0) is 16.9. The molecular formula is C16H24N2O4. The number of hydrogen-bond donors (Lipinski definition) is 2. The summed E-state index contributed by atoms with van der Waals surface area (Å²) in [5, 5.41) is 23.3. The van der Waals surface area contributed by atoms with Crippen LogP contribution >= 0.6 is 0 Å². The van der Waals surface area contributed by atoms with E-state index in [9.17, 15) is 20.0 Å². The number of aliphatic hydroxyl groups is 1. The van der Waals surface area contributed by atoms with Crippen LogP contribution in [0.25, 0.3) is 0 Å². The minimum absolute atomic E-state index is 0.0475. The van der Waals surface area contributed by atoms with Crippen LogP contribution in [-0.4, -0.2) is 28.6 Å². The van der Waals surface area contributed by atoms with Crippen LogP contribution < -0.4 is 5.32 Å². The fraction of sp³-hybridized carbons (Fsp3) is 0.562. The highest BCUT2D eigenvalue weighted by Gasteiger charge is 2.26. The van der Waals surface area contributed by atoms with E-state index in [1.165, 1.54) is 6.07 Å². The zero-order valence-corrected chi connectivity index (χ0v) is 13.5. The van der Waals surface area contributed by atoms with E-state index >= 15 is 0 Å². The lowest BCUT2D eigenvalue weighted by molar-refractivity contribution is -0.386. The molecule has 1 aromatic carbocycles. The maximum Gasteiger partial charge on any atom is 0.273 e. The molecule has 1 amide bonds. The number of nitro benzene ring substituents is 1. The second-order valence-corrected chi connectivity index (χ2v) is 6.35. The number of nitrogens with zero attached hydrogens (tertiary/aromatic N) is 1. The van der Waals surface area contributed by atoms with Gasteiger partial charge in [0, 0.05) is 23.7 Å². The first-order chi connectivity index (χ1) is 10.2. The minimum atomic E-state index is -0.460. The van der Waals surface area contributed by atoms with Crippen LogP contribution in [0.1, 0.15) is 56.5 Å². The first-order valence-corrected chi connectivity index (χ1v) is 7.42. The van der Waals surface area contributed by atoms with E-state index in [1.807, 2.05) is 27.7 Å². The van der Waals surface area contributed by atoms with Gasteiger partial charge in [0.25, 0.3) is 11.6 Å². The number of carbonyl (C=O) groups excluding carboxylic acids is 1. The van der Waals surface area contributed by atoms with E-state index in [4.69, 9.17) is 0 Å². The second kappa shape index (κ2) is 7.35. The molecule has 2 N–H and O–H groups in total. The number of rotatable bonds is 6. The third kappa shape index (κ3) is 4.80. The van der Waals surface area contributed by atoms with E-state index in [1.54, 1.807) is 12.1 Å². The van der Waals surface area contributed by atoms with Crippen molar-refractivity contribution in [1.82, 2.24) is 5.32 Å². The number of carbonyl (C=O) groups is 1. The Morgan fingerprint density at radius 3 is 2.55 bits per heavy atom. The molecule has 1 atom stereocenters. The molecule has 6 heteroatoms. The van der Waals surface area contributed by atoms with Crippen LogP contribution in [0.15, 0.2) is 18.2 Å². The van der Waals surface area contributed by atoms with Crippen LogP contribution in [0, 0.1) is 10.1 Å². The monoisotopic (exact) mass is 308 g/mol. The van der Waals surface area contributed by atoms with Gasteiger partial charge >= 0.3 is 0 Å². The molecule has 0 saturated carbocycles. The number of nitrogens with one attached hydrogen (secondary N) is 1. The van der Waals surface area contributed by atoms with E-state index in [0.29, 0.717) is 24.9 Å². The Balaban J connectivity index is 2.91. The van der Waals surface area contributed by atoms with Gasteiger partial charge in [0.05, 0.1) is 11.0 Å². The highest BCUT2D eigenvalue weighted by Crippen LogP contribution is 2.31. The van der Waals surface area contributed by atoms with E-state index < -0.39 is 11.0 Å². The first-order valence-electron chi connectivity index (χ1n) is 7.42. The molecule has 1 rings (SSSR count). The first kappa shape index (κ1) is 18.1. The predicted molar refractivity (Wildman–Crippen MR) is 85.0 cm³/mol. The van der Waals surface area contributed by atoms with Crippen LogP contribution in [-0.2, 0) is 5.41 Å². The van der Waals surface area contributed by atoms with Crippen LogP contribution in [0.3, 0.4) is 0 Å². The average molecular weight is 308 g/mol. The summed E-state index contributed by atoms with van der Waals surface area (Å²) in [5.74, 6) is -0.369. The summed E-state index contributed by atoms with van der Waals surface area (Å²) in [4.78, 5) is 22.8. The Kier molecular flexibility index (Phi) is 6.05. The highest BCUT2D eigenvalue weighted by molar-refractivity contribution is 5.95. The number of benzene rings is 1. The van der Waals surface area contributed by atoms with Crippen molar-refractivity contribution >= 4 is 11.6 Å². The standard InChI is InChI=1S/C16H24N2O4/c1-5-12(19)8-9-17-15(20)11-6-7-13(16(2,3)4)14(10-11)18(21)22/h6-7,10,12,19H,5,8-9H2,1-4H3,(H,17,20). The van der Waals surface area contributed by atoms with Gasteiger partial charge < -0.3 is 10.4 Å². The number of amides is 1. The van der Waals surface area contributed by atoms with Gasteiger partial charge in [-0.2, -0.15) is 0 Å². The number of hydrogen-bond acceptors (Lipinski definition) is 4. The Morgan fingerprint density at radius 2 is 2.05 bits per heavy atom. The van der Waals surface area contributed by atoms with Crippen LogP contribution in [0.5, 0.6) is 0 Å². The van der Waals surface area contributed by atoms with E-state index in [0.717, 1.165) is 0 Å². The van der Waals surface area contributed by atoms with Gasteiger partial charge in [-0.3, -0.25) is 14.9 Å². The topological polar surface area (TPSA) is 92.5 Å². The summed E-state index contributed by atoms with van der Waals surface area (Å²) < 4.78 is 0. The van der Waals surface area contributed by atoms with Gasteiger partial charge in [-0.05, 0) is 24.3 Å². The molecule has 1 unspecified atom stereocenters. The Labute approximate surface area is 130 Å². The van der Waals surface area contributed by atoms with Crippen molar-refractivity contribution in [2.24, 2.45) is 0 Å². The molecule has 0 aromatic heterocycles. The number of aliphatic hydroxyl groups excluding tert-OH is 1. The molecular weight excluding hydrogens is 284 g/mol. The quantitative estimate of drug-likeness (QED) is 0.624. The number of nitro groups is 1.